The topological polar surface area (TPSA) is 50.3 Å². The Morgan fingerprint density at radius 1 is 1.04 bits per heavy atom. The van der Waals surface area contributed by atoms with E-state index >= 15 is 0 Å². The Morgan fingerprint density at radius 2 is 1.88 bits per heavy atom. The summed E-state index contributed by atoms with van der Waals surface area (Å²) < 4.78 is 0. The molecule has 4 heteroatoms. The first-order valence-corrected chi connectivity index (χ1v) is 9.14. The molecule has 0 radical (unpaired) electrons. The van der Waals surface area contributed by atoms with Crippen LogP contribution in [0.4, 0.5) is 5.69 Å². The number of nitrogens with zero attached hydrogens (tertiary/aromatic N) is 2. The number of hydrogen-bond acceptors (Lipinski definition) is 3. The van der Waals surface area contributed by atoms with Crippen LogP contribution in [0.25, 0.3) is 0 Å². The zero-order valence-corrected chi connectivity index (χ0v) is 15.2. The van der Waals surface area contributed by atoms with Crippen molar-refractivity contribution in [1.82, 2.24) is 4.98 Å². The lowest BCUT2D eigenvalue weighted by molar-refractivity contribution is -0.120. The van der Waals surface area contributed by atoms with Crippen molar-refractivity contribution < 1.29 is 9.59 Å². The van der Waals surface area contributed by atoms with Crippen LogP contribution >= 0.6 is 0 Å². The van der Waals surface area contributed by atoms with E-state index in [1.807, 2.05) is 50.2 Å². The van der Waals surface area contributed by atoms with E-state index in [1.165, 1.54) is 0 Å². The molecular formula is C22H22N2O2. The van der Waals surface area contributed by atoms with Crippen molar-refractivity contribution in [1.29, 1.82) is 0 Å². The Kier molecular flexibility index (Phi) is 4.19. The second kappa shape index (κ2) is 6.52. The fourth-order valence-corrected chi connectivity index (χ4v) is 4.08. The van der Waals surface area contributed by atoms with Crippen LogP contribution in [0, 0.1) is 13.8 Å². The van der Waals surface area contributed by atoms with Crippen LogP contribution in [0.5, 0.6) is 0 Å². The summed E-state index contributed by atoms with van der Waals surface area (Å²) >= 11 is 0. The first-order valence-electron chi connectivity index (χ1n) is 9.14. The van der Waals surface area contributed by atoms with Crippen molar-refractivity contribution in [2.45, 2.75) is 45.4 Å². The number of allylic oxidation sites excluding steroid dienone is 2. The molecule has 0 N–H and O–H groups in total. The molecule has 4 nitrogen and oxygen atoms in total. The number of pyridine rings is 1. The van der Waals surface area contributed by atoms with Crippen molar-refractivity contribution >= 4 is 17.4 Å². The van der Waals surface area contributed by atoms with Gasteiger partial charge in [-0.3, -0.25) is 19.5 Å². The van der Waals surface area contributed by atoms with Gasteiger partial charge >= 0.3 is 0 Å². The van der Waals surface area contributed by atoms with Gasteiger partial charge in [-0.2, -0.15) is 0 Å². The quantitative estimate of drug-likeness (QED) is 0.818. The lowest BCUT2D eigenvalue weighted by atomic mass is 9.78. The zero-order chi connectivity index (χ0) is 18.3. The van der Waals surface area contributed by atoms with Gasteiger partial charge in [0.25, 0.3) is 0 Å². The SMILES string of the molecule is Cc1cccc(N2C(=O)CC(c3ccccn3)C3=C2CCCC3=O)c1C. The normalized spacial score (nSPS) is 20.4. The lowest BCUT2D eigenvalue weighted by Gasteiger charge is -2.38. The molecule has 1 unspecified atom stereocenters. The second-order valence-electron chi connectivity index (χ2n) is 7.10. The first-order chi connectivity index (χ1) is 12.6. The van der Waals surface area contributed by atoms with E-state index in [-0.39, 0.29) is 24.0 Å². The maximum absolute atomic E-state index is 13.2. The van der Waals surface area contributed by atoms with Gasteiger partial charge in [0.2, 0.25) is 5.91 Å². The fourth-order valence-electron chi connectivity index (χ4n) is 4.08. The number of aromatic nitrogens is 1. The first kappa shape index (κ1) is 16.7. The standard InChI is InChI=1S/C22H22N2O2/c1-14-7-5-9-18(15(14)2)24-19-10-6-11-20(25)22(19)16(13-21(24)26)17-8-3-4-12-23-17/h3-5,7-9,12,16H,6,10-11,13H2,1-2H3. The van der Waals surface area contributed by atoms with Crippen LogP contribution in [0.15, 0.2) is 53.9 Å². The van der Waals surface area contributed by atoms with Crippen molar-refractivity contribution in [2.75, 3.05) is 4.90 Å². The van der Waals surface area contributed by atoms with Gasteiger partial charge in [0.15, 0.2) is 5.78 Å². The fraction of sp³-hybridized carbons (Fsp3) is 0.318. The molecule has 1 aromatic heterocycles. The summed E-state index contributed by atoms with van der Waals surface area (Å²) in [5, 5.41) is 0. The molecule has 0 fully saturated rings. The number of benzene rings is 1. The molecule has 132 valence electrons. The van der Waals surface area contributed by atoms with Crippen LogP contribution < -0.4 is 4.90 Å². The summed E-state index contributed by atoms with van der Waals surface area (Å²) in [6, 6.07) is 11.7. The molecule has 4 rings (SSSR count). The van der Waals surface area contributed by atoms with Gasteiger partial charge in [-0.25, -0.2) is 0 Å². The van der Waals surface area contributed by atoms with Crippen molar-refractivity contribution in [3.05, 3.63) is 70.7 Å². The molecular weight excluding hydrogens is 324 g/mol. The van der Waals surface area contributed by atoms with Crippen LogP contribution in [0.3, 0.4) is 0 Å². The Morgan fingerprint density at radius 3 is 2.65 bits per heavy atom. The minimum Gasteiger partial charge on any atom is -0.294 e. The van der Waals surface area contributed by atoms with Gasteiger partial charge in [0.1, 0.15) is 0 Å². The lowest BCUT2D eigenvalue weighted by Crippen LogP contribution is -2.41. The number of ketones is 1. The van der Waals surface area contributed by atoms with Gasteiger partial charge in [-0.15, -0.1) is 0 Å². The van der Waals surface area contributed by atoms with Gasteiger partial charge in [0, 0.05) is 41.9 Å². The number of carbonyl (C=O) groups excluding carboxylic acids is 2. The summed E-state index contributed by atoms with van der Waals surface area (Å²) in [4.78, 5) is 32.2. The average molecular weight is 346 g/mol. The van der Waals surface area contributed by atoms with Gasteiger partial charge in [-0.05, 0) is 56.0 Å². The maximum atomic E-state index is 13.2. The molecule has 1 atom stereocenters. The third-order valence-electron chi connectivity index (χ3n) is 5.54. The van der Waals surface area contributed by atoms with E-state index < -0.39 is 0 Å². The molecule has 2 aliphatic rings. The number of amides is 1. The van der Waals surface area contributed by atoms with Crippen LogP contribution in [0.1, 0.15) is 48.4 Å². The highest BCUT2D eigenvalue weighted by molar-refractivity contribution is 6.07. The third kappa shape index (κ3) is 2.66. The maximum Gasteiger partial charge on any atom is 0.232 e. The molecule has 0 saturated heterocycles. The summed E-state index contributed by atoms with van der Waals surface area (Å²) in [5.41, 5.74) is 5.60. The number of carbonyl (C=O) groups is 2. The second-order valence-corrected chi connectivity index (χ2v) is 7.10. The summed E-state index contributed by atoms with van der Waals surface area (Å²) in [6.07, 6.45) is 4.11. The van der Waals surface area contributed by atoms with E-state index in [9.17, 15) is 9.59 Å². The summed E-state index contributed by atoms with van der Waals surface area (Å²) in [5.74, 6) is -0.0274. The van der Waals surface area contributed by atoms with Crippen LogP contribution in [0.2, 0.25) is 0 Å². The molecule has 1 amide bonds. The Bertz CT molecular complexity index is 915. The summed E-state index contributed by atoms with van der Waals surface area (Å²) in [6.45, 7) is 4.08. The van der Waals surface area contributed by atoms with E-state index in [4.69, 9.17) is 0 Å². The number of anilines is 1. The molecule has 1 aromatic carbocycles. The summed E-state index contributed by atoms with van der Waals surface area (Å²) in [7, 11) is 0. The van der Waals surface area contributed by atoms with E-state index in [1.54, 1.807) is 11.1 Å². The van der Waals surface area contributed by atoms with Crippen molar-refractivity contribution in [3.63, 3.8) is 0 Å². The van der Waals surface area contributed by atoms with E-state index in [0.29, 0.717) is 6.42 Å². The molecule has 0 bridgehead atoms. The number of rotatable bonds is 2. The Labute approximate surface area is 153 Å². The third-order valence-corrected chi connectivity index (χ3v) is 5.54. The highest BCUT2D eigenvalue weighted by Crippen LogP contribution is 2.43. The molecule has 0 spiro atoms. The smallest absolute Gasteiger partial charge is 0.232 e. The highest BCUT2D eigenvalue weighted by atomic mass is 16.2. The minimum absolute atomic E-state index is 0.0443. The number of Topliss-reactive ketones (excluding diaryl/α,β-unsaturated/α-hetero) is 1. The molecule has 1 aliphatic heterocycles. The van der Waals surface area contributed by atoms with Gasteiger partial charge < -0.3 is 0 Å². The van der Waals surface area contributed by atoms with Gasteiger partial charge in [0.05, 0.1) is 5.69 Å². The highest BCUT2D eigenvalue weighted by Gasteiger charge is 2.40. The minimum atomic E-state index is -0.229. The predicted molar refractivity (Wildman–Crippen MR) is 101 cm³/mol. The van der Waals surface area contributed by atoms with Crippen LogP contribution in [-0.2, 0) is 9.59 Å². The molecule has 2 heterocycles. The van der Waals surface area contributed by atoms with Crippen molar-refractivity contribution in [3.8, 4) is 0 Å². The Hall–Kier alpha value is -2.75. The molecule has 0 saturated carbocycles. The zero-order valence-electron chi connectivity index (χ0n) is 15.2. The largest absolute Gasteiger partial charge is 0.294 e. The molecule has 1 aliphatic carbocycles. The van der Waals surface area contributed by atoms with Crippen molar-refractivity contribution in [2.24, 2.45) is 0 Å². The molecule has 2 aromatic rings. The monoisotopic (exact) mass is 346 g/mol. The van der Waals surface area contributed by atoms with Gasteiger partial charge in [-0.1, -0.05) is 18.2 Å². The average Bonchev–Trinajstić information content (AvgIpc) is 2.65. The number of aryl methyl sites for hydroxylation is 1. The van der Waals surface area contributed by atoms with Crippen LogP contribution in [-0.4, -0.2) is 16.7 Å². The number of hydrogen-bond donors (Lipinski definition) is 0. The predicted octanol–water partition coefficient (Wildman–Crippen LogP) is 4.23. The Balaban J connectivity index is 1.90. The van der Waals surface area contributed by atoms with E-state index in [2.05, 4.69) is 4.98 Å². The molecule has 26 heavy (non-hydrogen) atoms. The van der Waals surface area contributed by atoms with E-state index in [0.717, 1.165) is 46.6 Å².